The molecule has 2 rings (SSSR count). The van der Waals surface area contributed by atoms with Crippen LogP contribution in [0.15, 0.2) is 42.5 Å². The van der Waals surface area contributed by atoms with Crippen LogP contribution in [0.4, 0.5) is 5.69 Å². The Balaban J connectivity index is 2.09. The third-order valence-corrected chi connectivity index (χ3v) is 3.54. The van der Waals surface area contributed by atoms with Crippen LogP contribution in [-0.2, 0) is 13.0 Å². The van der Waals surface area contributed by atoms with Gasteiger partial charge in [0.15, 0.2) is 0 Å². The van der Waals surface area contributed by atoms with E-state index in [1.54, 1.807) is 0 Å². The first-order valence-corrected chi connectivity index (χ1v) is 6.58. The number of rotatable bonds is 4. The molecule has 0 aliphatic carbocycles. The van der Waals surface area contributed by atoms with Crippen LogP contribution >= 0.6 is 0 Å². The summed E-state index contributed by atoms with van der Waals surface area (Å²) in [5.74, 6) is 0. The van der Waals surface area contributed by atoms with Gasteiger partial charge in [-0.1, -0.05) is 37.3 Å². The monoisotopic (exact) mass is 239 g/mol. The van der Waals surface area contributed by atoms with Gasteiger partial charge in [0.25, 0.3) is 0 Å². The average molecular weight is 239 g/mol. The van der Waals surface area contributed by atoms with E-state index in [1.807, 2.05) is 0 Å². The standard InChI is InChI=1S/C17H21N/c1-4-15-8-6-10-17(11-15)18-12-16-9-5-7-13(2)14(16)3/h5-11,18H,4,12H2,1-3H3. The lowest BCUT2D eigenvalue weighted by molar-refractivity contribution is 1.09. The molecule has 94 valence electrons. The zero-order chi connectivity index (χ0) is 13.0. The van der Waals surface area contributed by atoms with Gasteiger partial charge in [-0.25, -0.2) is 0 Å². The first-order valence-electron chi connectivity index (χ1n) is 6.58. The van der Waals surface area contributed by atoms with Gasteiger partial charge in [-0.2, -0.15) is 0 Å². The predicted octanol–water partition coefficient (Wildman–Crippen LogP) is 4.48. The lowest BCUT2D eigenvalue weighted by Gasteiger charge is -2.11. The Bertz CT molecular complexity index is 529. The van der Waals surface area contributed by atoms with E-state index in [2.05, 4.69) is 68.6 Å². The molecule has 0 aliphatic rings. The molecule has 0 atom stereocenters. The maximum atomic E-state index is 3.50. The van der Waals surface area contributed by atoms with Crippen molar-refractivity contribution in [2.24, 2.45) is 0 Å². The van der Waals surface area contributed by atoms with Gasteiger partial charge in [-0.05, 0) is 54.7 Å². The predicted molar refractivity (Wildman–Crippen MR) is 79.1 cm³/mol. The highest BCUT2D eigenvalue weighted by Crippen LogP contribution is 2.16. The van der Waals surface area contributed by atoms with Crippen molar-refractivity contribution in [3.63, 3.8) is 0 Å². The van der Waals surface area contributed by atoms with Crippen molar-refractivity contribution in [1.29, 1.82) is 0 Å². The van der Waals surface area contributed by atoms with Crippen LogP contribution in [0.1, 0.15) is 29.2 Å². The SMILES string of the molecule is CCc1cccc(NCc2cccc(C)c2C)c1. The Kier molecular flexibility index (Phi) is 4.03. The maximum Gasteiger partial charge on any atom is 0.0403 e. The topological polar surface area (TPSA) is 12.0 Å². The minimum Gasteiger partial charge on any atom is -0.381 e. The number of benzene rings is 2. The Hall–Kier alpha value is -1.76. The number of aryl methyl sites for hydroxylation is 2. The highest BCUT2D eigenvalue weighted by atomic mass is 14.9. The molecule has 0 amide bonds. The zero-order valence-corrected chi connectivity index (χ0v) is 11.5. The van der Waals surface area contributed by atoms with E-state index < -0.39 is 0 Å². The summed E-state index contributed by atoms with van der Waals surface area (Å²) in [6, 6.07) is 15.1. The molecule has 1 nitrogen and oxygen atoms in total. The third kappa shape index (κ3) is 2.92. The lowest BCUT2D eigenvalue weighted by atomic mass is 10.0. The van der Waals surface area contributed by atoms with Crippen molar-refractivity contribution in [2.45, 2.75) is 33.7 Å². The molecule has 0 unspecified atom stereocenters. The summed E-state index contributed by atoms with van der Waals surface area (Å²) in [7, 11) is 0. The minimum absolute atomic E-state index is 0.890. The molecule has 18 heavy (non-hydrogen) atoms. The molecule has 0 saturated carbocycles. The van der Waals surface area contributed by atoms with E-state index in [-0.39, 0.29) is 0 Å². The quantitative estimate of drug-likeness (QED) is 0.829. The maximum absolute atomic E-state index is 3.50. The zero-order valence-electron chi connectivity index (χ0n) is 11.5. The highest BCUT2D eigenvalue weighted by molar-refractivity contribution is 5.47. The largest absolute Gasteiger partial charge is 0.381 e. The van der Waals surface area contributed by atoms with Crippen LogP contribution in [0.25, 0.3) is 0 Å². The van der Waals surface area contributed by atoms with E-state index in [9.17, 15) is 0 Å². The van der Waals surface area contributed by atoms with Crippen molar-refractivity contribution < 1.29 is 0 Å². The summed E-state index contributed by atoms with van der Waals surface area (Å²) in [5, 5.41) is 3.50. The summed E-state index contributed by atoms with van der Waals surface area (Å²) >= 11 is 0. The molecule has 0 aromatic heterocycles. The Morgan fingerprint density at radius 2 is 1.78 bits per heavy atom. The Morgan fingerprint density at radius 1 is 1.00 bits per heavy atom. The molecule has 0 heterocycles. The van der Waals surface area contributed by atoms with Crippen molar-refractivity contribution in [1.82, 2.24) is 0 Å². The summed E-state index contributed by atoms with van der Waals surface area (Å²) in [6.07, 6.45) is 1.08. The van der Waals surface area contributed by atoms with Gasteiger partial charge in [-0.15, -0.1) is 0 Å². The molecular weight excluding hydrogens is 218 g/mol. The molecule has 0 spiro atoms. The second-order valence-corrected chi connectivity index (χ2v) is 4.77. The lowest BCUT2D eigenvalue weighted by Crippen LogP contribution is -2.02. The van der Waals surface area contributed by atoms with Gasteiger partial charge >= 0.3 is 0 Å². The van der Waals surface area contributed by atoms with E-state index in [0.717, 1.165) is 13.0 Å². The van der Waals surface area contributed by atoms with Crippen molar-refractivity contribution >= 4 is 5.69 Å². The van der Waals surface area contributed by atoms with E-state index in [0.29, 0.717) is 0 Å². The summed E-state index contributed by atoms with van der Waals surface area (Å²) in [4.78, 5) is 0. The number of hydrogen-bond donors (Lipinski definition) is 1. The first-order chi connectivity index (χ1) is 8.70. The summed E-state index contributed by atoms with van der Waals surface area (Å²) < 4.78 is 0. The molecule has 2 aromatic carbocycles. The van der Waals surface area contributed by atoms with Gasteiger partial charge in [0.2, 0.25) is 0 Å². The van der Waals surface area contributed by atoms with Crippen LogP contribution in [0.5, 0.6) is 0 Å². The summed E-state index contributed by atoms with van der Waals surface area (Å²) in [5.41, 5.74) is 6.70. The fourth-order valence-corrected chi connectivity index (χ4v) is 2.10. The Labute approximate surface area is 110 Å². The second-order valence-electron chi connectivity index (χ2n) is 4.77. The normalized spacial score (nSPS) is 10.4. The van der Waals surface area contributed by atoms with Gasteiger partial charge in [-0.3, -0.25) is 0 Å². The van der Waals surface area contributed by atoms with E-state index in [4.69, 9.17) is 0 Å². The van der Waals surface area contributed by atoms with Crippen molar-refractivity contribution in [3.05, 3.63) is 64.7 Å². The molecule has 0 fully saturated rings. The van der Waals surface area contributed by atoms with E-state index >= 15 is 0 Å². The van der Waals surface area contributed by atoms with Crippen LogP contribution in [0, 0.1) is 13.8 Å². The molecule has 1 heteroatoms. The van der Waals surface area contributed by atoms with Crippen LogP contribution in [0.2, 0.25) is 0 Å². The van der Waals surface area contributed by atoms with Gasteiger partial charge in [0, 0.05) is 12.2 Å². The molecule has 0 saturated heterocycles. The third-order valence-electron chi connectivity index (χ3n) is 3.54. The molecule has 0 radical (unpaired) electrons. The average Bonchev–Trinajstić information content (AvgIpc) is 2.41. The summed E-state index contributed by atoms with van der Waals surface area (Å²) in [6.45, 7) is 7.43. The van der Waals surface area contributed by atoms with Crippen molar-refractivity contribution in [2.75, 3.05) is 5.32 Å². The highest BCUT2D eigenvalue weighted by Gasteiger charge is 2.00. The van der Waals surface area contributed by atoms with Gasteiger partial charge in [0.05, 0.1) is 0 Å². The van der Waals surface area contributed by atoms with Crippen LogP contribution in [0.3, 0.4) is 0 Å². The molecule has 2 aromatic rings. The van der Waals surface area contributed by atoms with Crippen LogP contribution in [-0.4, -0.2) is 0 Å². The smallest absolute Gasteiger partial charge is 0.0403 e. The van der Waals surface area contributed by atoms with Crippen molar-refractivity contribution in [3.8, 4) is 0 Å². The fourth-order valence-electron chi connectivity index (χ4n) is 2.10. The first kappa shape index (κ1) is 12.7. The van der Waals surface area contributed by atoms with Gasteiger partial charge in [0.1, 0.15) is 0 Å². The number of anilines is 1. The Morgan fingerprint density at radius 3 is 2.56 bits per heavy atom. The second kappa shape index (κ2) is 5.72. The van der Waals surface area contributed by atoms with E-state index in [1.165, 1.54) is 27.9 Å². The molecule has 0 bridgehead atoms. The number of hydrogen-bond acceptors (Lipinski definition) is 1. The number of nitrogens with one attached hydrogen (secondary N) is 1. The molecular formula is C17H21N. The minimum atomic E-state index is 0.890. The fraction of sp³-hybridized carbons (Fsp3) is 0.294. The molecule has 0 aliphatic heterocycles. The molecule has 1 N–H and O–H groups in total. The van der Waals surface area contributed by atoms with Crippen LogP contribution < -0.4 is 5.32 Å². The van der Waals surface area contributed by atoms with Gasteiger partial charge < -0.3 is 5.32 Å².